The summed E-state index contributed by atoms with van der Waals surface area (Å²) in [5.41, 5.74) is 5.41. The summed E-state index contributed by atoms with van der Waals surface area (Å²) in [5, 5.41) is 12.3. The van der Waals surface area contributed by atoms with Gasteiger partial charge in [0.15, 0.2) is 0 Å². The number of carbonyl (C=O) groups is 1. The summed E-state index contributed by atoms with van der Waals surface area (Å²) in [7, 11) is 0. The van der Waals surface area contributed by atoms with Crippen molar-refractivity contribution in [1.29, 1.82) is 0 Å². The van der Waals surface area contributed by atoms with E-state index >= 15 is 0 Å². The summed E-state index contributed by atoms with van der Waals surface area (Å²) >= 11 is 0. The zero-order valence-corrected chi connectivity index (χ0v) is 11.5. The molecular weight excluding hydrogens is 216 g/mol. The predicted molar refractivity (Wildman–Crippen MR) is 70.6 cm³/mol. The molecule has 0 saturated heterocycles. The summed E-state index contributed by atoms with van der Waals surface area (Å²) in [6.45, 7) is 7.17. The van der Waals surface area contributed by atoms with Crippen molar-refractivity contribution in [2.75, 3.05) is 19.7 Å². The minimum absolute atomic E-state index is 0.0223. The molecule has 1 unspecified atom stereocenters. The lowest BCUT2D eigenvalue weighted by atomic mass is 9.83. The van der Waals surface area contributed by atoms with Crippen molar-refractivity contribution in [3.63, 3.8) is 0 Å². The smallest absolute Gasteiger partial charge is 0.224 e. The number of aliphatic hydroxyl groups is 1. The molecule has 0 fully saturated rings. The third-order valence-electron chi connectivity index (χ3n) is 3.77. The van der Waals surface area contributed by atoms with Gasteiger partial charge in [0.05, 0.1) is 12.5 Å². The van der Waals surface area contributed by atoms with Crippen LogP contribution in [-0.2, 0) is 4.79 Å². The molecule has 0 aromatic carbocycles. The topological polar surface area (TPSA) is 75.4 Å². The quantitative estimate of drug-likeness (QED) is 0.572. The van der Waals surface area contributed by atoms with Gasteiger partial charge >= 0.3 is 0 Å². The molecule has 0 radical (unpaired) electrons. The highest BCUT2D eigenvalue weighted by Gasteiger charge is 2.27. The van der Waals surface area contributed by atoms with Crippen molar-refractivity contribution >= 4 is 5.91 Å². The van der Waals surface area contributed by atoms with E-state index < -0.39 is 0 Å². The zero-order valence-electron chi connectivity index (χ0n) is 11.5. The number of amides is 1. The molecule has 0 aromatic rings. The van der Waals surface area contributed by atoms with Gasteiger partial charge in [-0.25, -0.2) is 0 Å². The van der Waals surface area contributed by atoms with Gasteiger partial charge in [-0.1, -0.05) is 27.2 Å². The summed E-state index contributed by atoms with van der Waals surface area (Å²) in [6.07, 6.45) is 3.51. The van der Waals surface area contributed by atoms with Crippen LogP contribution in [0.2, 0.25) is 0 Å². The standard InChI is InChI=1S/C13H28N2O2/c1-4-7-11(8-14)12(17)15-9-13(5-2,6-3)10-16/h11,16H,4-10,14H2,1-3H3,(H,15,17). The maximum atomic E-state index is 11.9. The number of carbonyl (C=O) groups excluding carboxylic acids is 1. The molecule has 0 aliphatic heterocycles. The first kappa shape index (κ1) is 16.4. The Balaban J connectivity index is 4.28. The molecule has 1 amide bonds. The number of hydrogen-bond acceptors (Lipinski definition) is 3. The largest absolute Gasteiger partial charge is 0.396 e. The molecule has 4 N–H and O–H groups in total. The first-order valence-corrected chi connectivity index (χ1v) is 6.67. The van der Waals surface area contributed by atoms with Crippen LogP contribution in [0.1, 0.15) is 46.5 Å². The maximum Gasteiger partial charge on any atom is 0.224 e. The molecule has 1 atom stereocenters. The van der Waals surface area contributed by atoms with Gasteiger partial charge in [-0.15, -0.1) is 0 Å². The normalized spacial score (nSPS) is 13.5. The van der Waals surface area contributed by atoms with Gasteiger partial charge in [0.25, 0.3) is 0 Å². The zero-order chi connectivity index (χ0) is 13.3. The lowest BCUT2D eigenvalue weighted by Gasteiger charge is -2.30. The average Bonchev–Trinajstić information content (AvgIpc) is 2.38. The van der Waals surface area contributed by atoms with E-state index in [0.717, 1.165) is 25.7 Å². The fourth-order valence-electron chi connectivity index (χ4n) is 1.90. The Morgan fingerprint density at radius 3 is 2.29 bits per heavy atom. The van der Waals surface area contributed by atoms with Gasteiger partial charge in [-0.2, -0.15) is 0 Å². The average molecular weight is 244 g/mol. The molecule has 0 saturated carbocycles. The Labute approximate surface area is 105 Å². The molecule has 4 heteroatoms. The first-order chi connectivity index (χ1) is 8.09. The fraction of sp³-hybridized carbons (Fsp3) is 0.923. The highest BCUT2D eigenvalue weighted by atomic mass is 16.3. The van der Waals surface area contributed by atoms with Gasteiger partial charge < -0.3 is 16.2 Å². The molecule has 0 spiro atoms. The van der Waals surface area contributed by atoms with E-state index in [1.807, 2.05) is 20.8 Å². The molecule has 0 aliphatic rings. The molecule has 17 heavy (non-hydrogen) atoms. The van der Waals surface area contributed by atoms with Crippen LogP contribution >= 0.6 is 0 Å². The monoisotopic (exact) mass is 244 g/mol. The molecule has 4 nitrogen and oxygen atoms in total. The molecule has 0 rings (SSSR count). The van der Waals surface area contributed by atoms with E-state index in [9.17, 15) is 9.90 Å². The van der Waals surface area contributed by atoms with Crippen molar-refractivity contribution in [1.82, 2.24) is 5.32 Å². The number of nitrogens with one attached hydrogen (secondary N) is 1. The van der Waals surface area contributed by atoms with Crippen LogP contribution in [0.5, 0.6) is 0 Å². The second-order valence-electron chi connectivity index (χ2n) is 4.80. The summed E-state index contributed by atoms with van der Waals surface area (Å²) < 4.78 is 0. The van der Waals surface area contributed by atoms with Gasteiger partial charge in [-0.3, -0.25) is 4.79 Å². The number of nitrogens with two attached hydrogens (primary N) is 1. The molecule has 0 heterocycles. The molecule has 0 aliphatic carbocycles. The molecule has 0 aromatic heterocycles. The van der Waals surface area contributed by atoms with Crippen LogP contribution in [0.4, 0.5) is 0 Å². The van der Waals surface area contributed by atoms with Crippen molar-refractivity contribution in [3.8, 4) is 0 Å². The van der Waals surface area contributed by atoms with Gasteiger partial charge in [0.1, 0.15) is 0 Å². The van der Waals surface area contributed by atoms with Crippen LogP contribution in [0.3, 0.4) is 0 Å². The van der Waals surface area contributed by atoms with Crippen molar-refractivity contribution in [3.05, 3.63) is 0 Å². The summed E-state index contributed by atoms with van der Waals surface area (Å²) in [6, 6.07) is 0. The number of rotatable bonds is 9. The van der Waals surface area contributed by atoms with Crippen molar-refractivity contribution in [2.24, 2.45) is 17.1 Å². The minimum atomic E-state index is -0.180. The van der Waals surface area contributed by atoms with E-state index in [1.54, 1.807) is 0 Å². The summed E-state index contributed by atoms with van der Waals surface area (Å²) in [5.74, 6) is -0.0702. The van der Waals surface area contributed by atoms with Crippen LogP contribution in [0, 0.1) is 11.3 Å². The van der Waals surface area contributed by atoms with Gasteiger partial charge in [0.2, 0.25) is 5.91 Å². The maximum absolute atomic E-state index is 11.9. The van der Waals surface area contributed by atoms with Crippen LogP contribution in [0.15, 0.2) is 0 Å². The van der Waals surface area contributed by atoms with Gasteiger partial charge in [0, 0.05) is 18.5 Å². The summed E-state index contributed by atoms with van der Waals surface area (Å²) in [4.78, 5) is 11.9. The Bertz CT molecular complexity index is 207. The Morgan fingerprint density at radius 1 is 1.35 bits per heavy atom. The minimum Gasteiger partial charge on any atom is -0.396 e. The van der Waals surface area contributed by atoms with E-state index in [2.05, 4.69) is 5.32 Å². The first-order valence-electron chi connectivity index (χ1n) is 6.67. The second kappa shape index (κ2) is 8.48. The van der Waals surface area contributed by atoms with E-state index in [0.29, 0.717) is 13.1 Å². The third kappa shape index (κ3) is 5.04. The fourth-order valence-corrected chi connectivity index (χ4v) is 1.90. The van der Waals surface area contributed by atoms with E-state index in [4.69, 9.17) is 5.73 Å². The SMILES string of the molecule is CCCC(CN)C(=O)NCC(CC)(CC)CO. The van der Waals surface area contributed by atoms with Crippen LogP contribution in [0.25, 0.3) is 0 Å². The van der Waals surface area contributed by atoms with Crippen molar-refractivity contribution < 1.29 is 9.90 Å². The molecule has 102 valence electrons. The second-order valence-corrected chi connectivity index (χ2v) is 4.80. The lowest BCUT2D eigenvalue weighted by Crippen LogP contribution is -2.43. The highest BCUT2D eigenvalue weighted by Crippen LogP contribution is 2.24. The Morgan fingerprint density at radius 2 is 1.94 bits per heavy atom. The van der Waals surface area contributed by atoms with E-state index in [-0.39, 0.29) is 23.8 Å². The number of aliphatic hydroxyl groups excluding tert-OH is 1. The van der Waals surface area contributed by atoms with E-state index in [1.165, 1.54) is 0 Å². The Hall–Kier alpha value is -0.610. The Kier molecular flexibility index (Phi) is 8.17. The predicted octanol–water partition coefficient (Wildman–Crippen LogP) is 1.28. The van der Waals surface area contributed by atoms with Crippen LogP contribution < -0.4 is 11.1 Å². The number of hydrogen-bond donors (Lipinski definition) is 3. The van der Waals surface area contributed by atoms with Crippen molar-refractivity contribution in [2.45, 2.75) is 46.5 Å². The van der Waals surface area contributed by atoms with Crippen LogP contribution in [-0.4, -0.2) is 30.7 Å². The van der Waals surface area contributed by atoms with Gasteiger partial charge in [-0.05, 0) is 19.3 Å². The molecular formula is C13H28N2O2. The lowest BCUT2D eigenvalue weighted by molar-refractivity contribution is -0.125. The molecule has 0 bridgehead atoms. The third-order valence-corrected chi connectivity index (χ3v) is 3.77. The highest BCUT2D eigenvalue weighted by molar-refractivity contribution is 5.78.